The van der Waals surface area contributed by atoms with E-state index in [4.69, 9.17) is 4.74 Å². The van der Waals surface area contributed by atoms with Gasteiger partial charge in [-0.3, -0.25) is 4.79 Å². The van der Waals surface area contributed by atoms with Crippen LogP contribution in [-0.4, -0.2) is 41.7 Å². The molecule has 1 amide bonds. The third-order valence-electron chi connectivity index (χ3n) is 3.15. The molecule has 0 bridgehead atoms. The maximum atomic E-state index is 12.2. The molecule has 0 spiro atoms. The van der Waals surface area contributed by atoms with Gasteiger partial charge < -0.3 is 14.2 Å². The van der Waals surface area contributed by atoms with Gasteiger partial charge in [-0.2, -0.15) is 5.26 Å². The predicted octanol–water partition coefficient (Wildman–Crippen LogP) is 1.27. The van der Waals surface area contributed by atoms with Crippen LogP contribution in [0.1, 0.15) is 12.6 Å². The Bertz CT molecular complexity index is 519. The standard InChI is InChI=1S/C14H17N3O2/c1-2-16-5-3-4-13(16)10-12(11-15)14(18)17-6-8-19-9-7-17/h3-5,10H,2,6-9H2,1H3/b12-10-. The van der Waals surface area contributed by atoms with Crippen molar-refractivity contribution in [1.82, 2.24) is 9.47 Å². The number of hydrogen-bond acceptors (Lipinski definition) is 3. The van der Waals surface area contributed by atoms with Crippen molar-refractivity contribution in [2.75, 3.05) is 26.3 Å². The zero-order chi connectivity index (χ0) is 13.7. The monoisotopic (exact) mass is 259 g/mol. The van der Waals surface area contributed by atoms with E-state index in [0.29, 0.717) is 26.3 Å². The van der Waals surface area contributed by atoms with Crippen molar-refractivity contribution in [1.29, 1.82) is 5.26 Å². The molecule has 0 aliphatic carbocycles. The van der Waals surface area contributed by atoms with Crippen LogP contribution in [-0.2, 0) is 16.1 Å². The highest BCUT2D eigenvalue weighted by Crippen LogP contribution is 2.11. The quantitative estimate of drug-likeness (QED) is 0.607. The third kappa shape index (κ3) is 3.04. The van der Waals surface area contributed by atoms with E-state index in [1.807, 2.05) is 35.9 Å². The third-order valence-corrected chi connectivity index (χ3v) is 3.15. The van der Waals surface area contributed by atoms with Gasteiger partial charge in [0.25, 0.3) is 5.91 Å². The first-order chi connectivity index (χ1) is 9.26. The lowest BCUT2D eigenvalue weighted by Gasteiger charge is -2.26. The molecule has 1 saturated heterocycles. The predicted molar refractivity (Wildman–Crippen MR) is 71.1 cm³/mol. The number of rotatable bonds is 3. The number of carbonyl (C=O) groups excluding carboxylic acids is 1. The zero-order valence-electron chi connectivity index (χ0n) is 11.0. The van der Waals surface area contributed by atoms with E-state index >= 15 is 0 Å². The first-order valence-electron chi connectivity index (χ1n) is 6.40. The van der Waals surface area contributed by atoms with Crippen molar-refractivity contribution in [3.05, 3.63) is 29.6 Å². The minimum absolute atomic E-state index is 0.176. The van der Waals surface area contributed by atoms with Crippen LogP contribution in [0.3, 0.4) is 0 Å². The molecule has 1 aliphatic rings. The van der Waals surface area contributed by atoms with Gasteiger partial charge in [0.15, 0.2) is 0 Å². The molecule has 2 rings (SSSR count). The van der Waals surface area contributed by atoms with Crippen LogP contribution in [0.2, 0.25) is 0 Å². The number of nitriles is 1. The fraction of sp³-hybridized carbons (Fsp3) is 0.429. The molecule has 19 heavy (non-hydrogen) atoms. The number of ether oxygens (including phenoxy) is 1. The maximum Gasteiger partial charge on any atom is 0.264 e. The van der Waals surface area contributed by atoms with Crippen LogP contribution in [0.15, 0.2) is 23.9 Å². The summed E-state index contributed by atoms with van der Waals surface area (Å²) in [6, 6.07) is 5.81. The minimum Gasteiger partial charge on any atom is -0.378 e. The van der Waals surface area contributed by atoms with Gasteiger partial charge in [-0.15, -0.1) is 0 Å². The molecular weight excluding hydrogens is 242 g/mol. The van der Waals surface area contributed by atoms with Gasteiger partial charge in [-0.05, 0) is 25.1 Å². The lowest BCUT2D eigenvalue weighted by Crippen LogP contribution is -2.41. The summed E-state index contributed by atoms with van der Waals surface area (Å²) in [4.78, 5) is 13.9. The summed E-state index contributed by atoms with van der Waals surface area (Å²) >= 11 is 0. The highest BCUT2D eigenvalue weighted by Gasteiger charge is 2.20. The van der Waals surface area contributed by atoms with E-state index in [1.54, 1.807) is 11.0 Å². The van der Waals surface area contributed by atoms with Crippen molar-refractivity contribution in [2.45, 2.75) is 13.5 Å². The topological polar surface area (TPSA) is 58.3 Å². The van der Waals surface area contributed by atoms with Crippen LogP contribution in [0.25, 0.3) is 6.08 Å². The molecule has 2 heterocycles. The average molecular weight is 259 g/mol. The van der Waals surface area contributed by atoms with E-state index in [-0.39, 0.29) is 11.5 Å². The smallest absolute Gasteiger partial charge is 0.264 e. The molecule has 5 nitrogen and oxygen atoms in total. The number of aryl methyl sites for hydroxylation is 1. The van der Waals surface area contributed by atoms with Crippen LogP contribution in [0.4, 0.5) is 0 Å². The van der Waals surface area contributed by atoms with Gasteiger partial charge >= 0.3 is 0 Å². The first kappa shape index (κ1) is 13.4. The molecule has 0 aromatic carbocycles. The highest BCUT2D eigenvalue weighted by molar-refractivity contribution is 6.01. The van der Waals surface area contributed by atoms with Crippen LogP contribution in [0, 0.1) is 11.3 Å². The summed E-state index contributed by atoms with van der Waals surface area (Å²) < 4.78 is 7.20. The van der Waals surface area contributed by atoms with Crippen LogP contribution >= 0.6 is 0 Å². The summed E-state index contributed by atoms with van der Waals surface area (Å²) in [5.74, 6) is -0.213. The normalized spacial score (nSPS) is 16.2. The molecule has 1 aromatic rings. The van der Waals surface area contributed by atoms with E-state index in [0.717, 1.165) is 12.2 Å². The first-order valence-corrected chi connectivity index (χ1v) is 6.40. The fourth-order valence-corrected chi connectivity index (χ4v) is 2.07. The van der Waals surface area contributed by atoms with Gasteiger partial charge in [0.1, 0.15) is 11.6 Å². The van der Waals surface area contributed by atoms with Gasteiger partial charge in [0, 0.05) is 31.5 Å². The number of hydrogen-bond donors (Lipinski definition) is 0. The summed E-state index contributed by atoms with van der Waals surface area (Å²) in [6.45, 7) is 5.00. The largest absolute Gasteiger partial charge is 0.378 e. The molecule has 100 valence electrons. The molecule has 0 N–H and O–H groups in total. The molecule has 0 radical (unpaired) electrons. The molecule has 1 aromatic heterocycles. The number of amides is 1. The summed E-state index contributed by atoms with van der Waals surface area (Å²) in [7, 11) is 0. The Labute approximate surface area is 112 Å². The number of morpholine rings is 1. The zero-order valence-corrected chi connectivity index (χ0v) is 11.0. The second-order valence-corrected chi connectivity index (χ2v) is 4.29. The van der Waals surface area contributed by atoms with Gasteiger partial charge in [0.05, 0.1) is 13.2 Å². The van der Waals surface area contributed by atoms with Gasteiger partial charge in [-0.25, -0.2) is 0 Å². The van der Waals surface area contributed by atoms with Crippen molar-refractivity contribution in [2.24, 2.45) is 0 Å². The van der Waals surface area contributed by atoms with Gasteiger partial charge in [0.2, 0.25) is 0 Å². The number of nitrogens with zero attached hydrogens (tertiary/aromatic N) is 3. The fourth-order valence-electron chi connectivity index (χ4n) is 2.07. The second-order valence-electron chi connectivity index (χ2n) is 4.29. The average Bonchev–Trinajstić information content (AvgIpc) is 2.92. The van der Waals surface area contributed by atoms with Crippen LogP contribution < -0.4 is 0 Å². The number of carbonyl (C=O) groups is 1. The number of aromatic nitrogens is 1. The Hall–Kier alpha value is -2.06. The molecule has 0 unspecified atom stereocenters. The van der Waals surface area contributed by atoms with E-state index in [1.165, 1.54) is 0 Å². The van der Waals surface area contributed by atoms with Gasteiger partial charge in [-0.1, -0.05) is 0 Å². The highest BCUT2D eigenvalue weighted by atomic mass is 16.5. The Morgan fingerprint density at radius 3 is 2.89 bits per heavy atom. The molecule has 5 heteroatoms. The molecule has 0 saturated carbocycles. The lowest BCUT2D eigenvalue weighted by atomic mass is 10.2. The van der Waals surface area contributed by atoms with E-state index in [2.05, 4.69) is 0 Å². The molecular formula is C14H17N3O2. The molecule has 1 aliphatic heterocycles. The molecule has 0 atom stereocenters. The van der Waals surface area contributed by atoms with Crippen molar-refractivity contribution >= 4 is 12.0 Å². The van der Waals surface area contributed by atoms with E-state index in [9.17, 15) is 10.1 Å². The Morgan fingerprint density at radius 2 is 2.26 bits per heavy atom. The summed E-state index contributed by atoms with van der Waals surface area (Å²) in [6.07, 6.45) is 3.58. The summed E-state index contributed by atoms with van der Waals surface area (Å²) in [5, 5.41) is 9.18. The van der Waals surface area contributed by atoms with Crippen molar-refractivity contribution in [3.63, 3.8) is 0 Å². The SMILES string of the molecule is CCn1cccc1/C=C(/C#N)C(=O)N1CCOCC1. The Kier molecular flexibility index (Phi) is 4.37. The van der Waals surface area contributed by atoms with Crippen LogP contribution in [0.5, 0.6) is 0 Å². The summed E-state index contributed by atoms with van der Waals surface area (Å²) in [5.41, 5.74) is 1.05. The second kappa shape index (κ2) is 6.21. The lowest BCUT2D eigenvalue weighted by molar-refractivity contribution is -0.130. The maximum absolute atomic E-state index is 12.2. The van der Waals surface area contributed by atoms with Crippen molar-refractivity contribution < 1.29 is 9.53 Å². The molecule has 1 fully saturated rings. The minimum atomic E-state index is -0.213. The Balaban J connectivity index is 2.19. The van der Waals surface area contributed by atoms with Crippen molar-refractivity contribution in [3.8, 4) is 6.07 Å². The van der Waals surface area contributed by atoms with E-state index < -0.39 is 0 Å². The Morgan fingerprint density at radius 1 is 1.53 bits per heavy atom.